The molecule has 0 bridgehead atoms. The summed E-state index contributed by atoms with van der Waals surface area (Å²) in [5.41, 5.74) is 3.47. The minimum absolute atomic E-state index is 0.0841. The molecule has 1 aliphatic heterocycles. The molecule has 6 heteroatoms. The Kier molecular flexibility index (Phi) is 4.38. The predicted octanol–water partition coefficient (Wildman–Crippen LogP) is 2.09. The highest BCUT2D eigenvalue weighted by Gasteiger charge is 2.32. The molecule has 3 heterocycles. The smallest absolute Gasteiger partial charge is 0.308 e. The van der Waals surface area contributed by atoms with Gasteiger partial charge in [-0.2, -0.15) is 0 Å². The van der Waals surface area contributed by atoms with Gasteiger partial charge in [-0.25, -0.2) is 0 Å². The van der Waals surface area contributed by atoms with Crippen LogP contribution in [-0.2, 0) is 11.3 Å². The summed E-state index contributed by atoms with van der Waals surface area (Å²) in [6.45, 7) is 5.30. The van der Waals surface area contributed by atoms with Crippen molar-refractivity contribution in [2.75, 3.05) is 13.1 Å². The van der Waals surface area contributed by atoms with Crippen molar-refractivity contribution >= 4 is 11.9 Å². The second-order valence-electron chi connectivity index (χ2n) is 6.27. The van der Waals surface area contributed by atoms with E-state index >= 15 is 0 Å². The van der Waals surface area contributed by atoms with Gasteiger partial charge in [0.2, 0.25) is 0 Å². The summed E-state index contributed by atoms with van der Waals surface area (Å²) in [6, 6.07) is 7.66. The fourth-order valence-electron chi connectivity index (χ4n) is 3.23. The molecule has 1 amide bonds. The number of carboxylic acid groups (broad SMARTS) is 1. The van der Waals surface area contributed by atoms with Crippen LogP contribution in [-0.4, -0.2) is 44.5 Å². The molecule has 1 aliphatic rings. The van der Waals surface area contributed by atoms with E-state index in [4.69, 9.17) is 5.11 Å². The Morgan fingerprint density at radius 2 is 2.12 bits per heavy atom. The number of carbonyl (C=O) groups excluding carboxylic acids is 1. The average molecular weight is 327 g/mol. The summed E-state index contributed by atoms with van der Waals surface area (Å²) >= 11 is 0. The van der Waals surface area contributed by atoms with Crippen LogP contribution in [0.1, 0.15) is 33.9 Å². The van der Waals surface area contributed by atoms with Crippen LogP contribution < -0.4 is 0 Å². The van der Waals surface area contributed by atoms with Gasteiger partial charge in [-0.3, -0.25) is 14.6 Å². The fraction of sp³-hybridized carbons (Fsp3) is 0.389. The number of carbonyl (C=O) groups is 2. The lowest BCUT2D eigenvalue weighted by Crippen LogP contribution is -2.30. The molecule has 1 unspecified atom stereocenters. The monoisotopic (exact) mass is 327 g/mol. The molecule has 126 valence electrons. The number of aliphatic carboxylic acids is 1. The number of hydrogen-bond donors (Lipinski definition) is 1. The van der Waals surface area contributed by atoms with Crippen molar-refractivity contribution in [3.05, 3.63) is 53.1 Å². The van der Waals surface area contributed by atoms with Gasteiger partial charge in [0, 0.05) is 30.7 Å². The second kappa shape index (κ2) is 6.47. The predicted molar refractivity (Wildman–Crippen MR) is 88.9 cm³/mol. The van der Waals surface area contributed by atoms with Crippen molar-refractivity contribution in [2.24, 2.45) is 5.92 Å². The van der Waals surface area contributed by atoms with Crippen LogP contribution in [0.4, 0.5) is 0 Å². The molecule has 1 saturated heterocycles. The maximum atomic E-state index is 12.8. The molecule has 0 radical (unpaired) electrons. The van der Waals surface area contributed by atoms with E-state index in [9.17, 15) is 9.59 Å². The first kappa shape index (κ1) is 16.2. The van der Waals surface area contributed by atoms with E-state index in [0.29, 0.717) is 25.1 Å². The third kappa shape index (κ3) is 3.04. The van der Waals surface area contributed by atoms with E-state index in [-0.39, 0.29) is 12.5 Å². The van der Waals surface area contributed by atoms with Crippen molar-refractivity contribution in [1.29, 1.82) is 0 Å². The first-order chi connectivity index (χ1) is 11.5. The Morgan fingerprint density at radius 3 is 2.75 bits per heavy atom. The highest BCUT2D eigenvalue weighted by Crippen LogP contribution is 2.23. The number of hydrogen-bond acceptors (Lipinski definition) is 3. The van der Waals surface area contributed by atoms with Crippen LogP contribution in [0.5, 0.6) is 0 Å². The number of pyridine rings is 1. The lowest BCUT2D eigenvalue weighted by atomic mass is 10.1. The summed E-state index contributed by atoms with van der Waals surface area (Å²) in [4.78, 5) is 29.8. The average Bonchev–Trinajstić information content (AvgIpc) is 3.16. The Morgan fingerprint density at radius 1 is 1.33 bits per heavy atom. The first-order valence-electron chi connectivity index (χ1n) is 8.06. The Bertz CT molecular complexity index is 767. The third-order valence-corrected chi connectivity index (χ3v) is 4.68. The van der Waals surface area contributed by atoms with Gasteiger partial charge in [-0.05, 0) is 38.5 Å². The Balaban J connectivity index is 1.81. The molecule has 1 N–H and O–H groups in total. The minimum Gasteiger partial charge on any atom is -0.481 e. The van der Waals surface area contributed by atoms with E-state index in [0.717, 1.165) is 17.1 Å². The van der Waals surface area contributed by atoms with Crippen LogP contribution in [0.15, 0.2) is 30.5 Å². The van der Waals surface area contributed by atoms with Crippen LogP contribution in [0.2, 0.25) is 0 Å². The van der Waals surface area contributed by atoms with E-state index in [1.807, 2.05) is 38.1 Å². The Labute approximate surface area is 140 Å². The van der Waals surface area contributed by atoms with Gasteiger partial charge >= 0.3 is 5.97 Å². The number of nitrogens with zero attached hydrogens (tertiary/aromatic N) is 3. The quantitative estimate of drug-likeness (QED) is 0.933. The number of amides is 1. The molecule has 1 fully saturated rings. The van der Waals surface area contributed by atoms with Crippen molar-refractivity contribution in [3.8, 4) is 0 Å². The van der Waals surface area contributed by atoms with E-state index in [1.54, 1.807) is 11.1 Å². The topological polar surface area (TPSA) is 75.4 Å². The van der Waals surface area contributed by atoms with Gasteiger partial charge in [-0.1, -0.05) is 6.07 Å². The van der Waals surface area contributed by atoms with Crippen LogP contribution in [0.3, 0.4) is 0 Å². The highest BCUT2D eigenvalue weighted by atomic mass is 16.4. The minimum atomic E-state index is -0.828. The second-order valence-corrected chi connectivity index (χ2v) is 6.27. The molecule has 24 heavy (non-hydrogen) atoms. The first-order valence-corrected chi connectivity index (χ1v) is 8.06. The van der Waals surface area contributed by atoms with Crippen LogP contribution in [0.25, 0.3) is 0 Å². The van der Waals surface area contributed by atoms with Gasteiger partial charge < -0.3 is 14.6 Å². The van der Waals surface area contributed by atoms with Gasteiger partial charge in [0.25, 0.3) is 5.91 Å². The van der Waals surface area contributed by atoms with Gasteiger partial charge in [-0.15, -0.1) is 0 Å². The molecule has 2 aromatic rings. The summed E-state index contributed by atoms with van der Waals surface area (Å²) in [5, 5.41) is 9.10. The summed E-state index contributed by atoms with van der Waals surface area (Å²) in [5.74, 6) is -1.36. The molecule has 0 spiro atoms. The molecular weight excluding hydrogens is 306 g/mol. The van der Waals surface area contributed by atoms with Gasteiger partial charge in [0.05, 0.1) is 23.7 Å². The van der Waals surface area contributed by atoms with Gasteiger partial charge in [0.1, 0.15) is 0 Å². The summed E-state index contributed by atoms with van der Waals surface area (Å²) < 4.78 is 2.07. The van der Waals surface area contributed by atoms with Crippen molar-refractivity contribution in [3.63, 3.8) is 0 Å². The molecular formula is C18H21N3O3. The number of likely N-dealkylation sites (tertiary alicyclic amines) is 1. The zero-order chi connectivity index (χ0) is 17.3. The third-order valence-electron chi connectivity index (χ3n) is 4.68. The summed E-state index contributed by atoms with van der Waals surface area (Å²) in [7, 11) is 0. The van der Waals surface area contributed by atoms with Crippen molar-refractivity contribution < 1.29 is 14.7 Å². The highest BCUT2D eigenvalue weighted by molar-refractivity contribution is 5.96. The lowest BCUT2D eigenvalue weighted by Gasteiger charge is -2.16. The molecule has 1 atom stereocenters. The van der Waals surface area contributed by atoms with E-state index in [1.165, 1.54) is 0 Å². The number of carboxylic acids is 1. The van der Waals surface area contributed by atoms with E-state index in [2.05, 4.69) is 9.55 Å². The number of aromatic nitrogens is 2. The largest absolute Gasteiger partial charge is 0.481 e. The molecule has 2 aromatic heterocycles. The van der Waals surface area contributed by atoms with Gasteiger partial charge in [0.15, 0.2) is 0 Å². The molecule has 0 saturated carbocycles. The summed E-state index contributed by atoms with van der Waals surface area (Å²) in [6.07, 6.45) is 2.28. The van der Waals surface area contributed by atoms with Crippen LogP contribution in [0, 0.1) is 19.8 Å². The molecule has 3 rings (SSSR count). The SMILES string of the molecule is Cc1cc(C(=O)N2CCC(C(=O)O)C2)c(C)n1Cc1ccccn1. The molecule has 0 aromatic carbocycles. The standard InChI is InChI=1S/C18H21N3O3/c1-12-9-16(17(22)20-8-6-14(10-20)18(23)24)13(2)21(12)11-15-5-3-4-7-19-15/h3-5,7,9,14H,6,8,10-11H2,1-2H3,(H,23,24). The molecule has 0 aliphatic carbocycles. The van der Waals surface area contributed by atoms with Crippen molar-refractivity contribution in [2.45, 2.75) is 26.8 Å². The normalized spacial score (nSPS) is 17.2. The zero-order valence-corrected chi connectivity index (χ0v) is 13.9. The maximum absolute atomic E-state index is 12.8. The lowest BCUT2D eigenvalue weighted by molar-refractivity contribution is -0.141. The van der Waals surface area contributed by atoms with E-state index < -0.39 is 11.9 Å². The number of aryl methyl sites for hydroxylation is 1. The zero-order valence-electron chi connectivity index (χ0n) is 13.9. The fourth-order valence-corrected chi connectivity index (χ4v) is 3.23. The van der Waals surface area contributed by atoms with Crippen molar-refractivity contribution in [1.82, 2.24) is 14.5 Å². The maximum Gasteiger partial charge on any atom is 0.308 e. The Hall–Kier alpha value is -2.63. The molecule has 6 nitrogen and oxygen atoms in total. The number of rotatable bonds is 4. The van der Waals surface area contributed by atoms with Crippen LogP contribution >= 0.6 is 0 Å².